The predicted octanol–water partition coefficient (Wildman–Crippen LogP) is 4.07. The van der Waals surface area contributed by atoms with Crippen molar-refractivity contribution in [3.63, 3.8) is 0 Å². The summed E-state index contributed by atoms with van der Waals surface area (Å²) in [5.74, 6) is 0.304. The molecule has 3 aliphatic rings. The highest BCUT2D eigenvalue weighted by Crippen LogP contribution is 2.42. The number of hydrogen-bond donors (Lipinski definition) is 0. The van der Waals surface area contributed by atoms with Crippen molar-refractivity contribution in [2.24, 2.45) is 5.41 Å². The van der Waals surface area contributed by atoms with E-state index in [4.69, 9.17) is 0 Å². The molecule has 1 aromatic rings. The standard InChI is InChI=1S/C20H25F3N2O/c21-20(22,23)16-4-2-15(3-5-16)12-24-11-1-9-19(13-24)10-8-18(26)25(14-19)17-6-7-17/h2-5,17H,1,6-14H2/t19-/m1/s1. The quantitative estimate of drug-likeness (QED) is 0.805. The number of rotatable bonds is 3. The van der Waals surface area contributed by atoms with Crippen LogP contribution < -0.4 is 0 Å². The number of carbonyl (C=O) groups is 1. The Balaban J connectivity index is 1.41. The Morgan fingerprint density at radius 3 is 2.46 bits per heavy atom. The Hall–Kier alpha value is -1.56. The number of carbonyl (C=O) groups excluding carboxylic acids is 1. The summed E-state index contributed by atoms with van der Waals surface area (Å²) in [6, 6.07) is 5.98. The average Bonchev–Trinajstić information content (AvgIpc) is 3.42. The molecule has 3 fully saturated rings. The highest BCUT2D eigenvalue weighted by atomic mass is 19.4. The van der Waals surface area contributed by atoms with E-state index in [0.29, 0.717) is 24.9 Å². The molecule has 142 valence electrons. The molecule has 0 radical (unpaired) electrons. The molecule has 4 rings (SSSR count). The van der Waals surface area contributed by atoms with Crippen molar-refractivity contribution in [1.29, 1.82) is 0 Å². The fourth-order valence-electron chi connectivity index (χ4n) is 4.60. The fraction of sp³-hybridized carbons (Fsp3) is 0.650. The number of amides is 1. The summed E-state index contributed by atoms with van der Waals surface area (Å²) in [6.45, 7) is 3.45. The normalized spacial score (nSPS) is 28.0. The number of piperidine rings is 2. The van der Waals surface area contributed by atoms with Crippen LogP contribution in [0, 0.1) is 5.41 Å². The molecule has 2 aliphatic heterocycles. The van der Waals surface area contributed by atoms with Crippen molar-refractivity contribution in [3.05, 3.63) is 35.4 Å². The van der Waals surface area contributed by atoms with Gasteiger partial charge in [0.15, 0.2) is 0 Å². The fourth-order valence-corrected chi connectivity index (χ4v) is 4.60. The van der Waals surface area contributed by atoms with Crippen molar-refractivity contribution in [1.82, 2.24) is 9.80 Å². The van der Waals surface area contributed by atoms with E-state index in [1.165, 1.54) is 12.1 Å². The zero-order chi connectivity index (χ0) is 18.4. The first-order valence-corrected chi connectivity index (χ1v) is 9.53. The van der Waals surface area contributed by atoms with Crippen molar-refractivity contribution in [3.8, 4) is 0 Å². The minimum absolute atomic E-state index is 0.167. The van der Waals surface area contributed by atoms with E-state index in [1.54, 1.807) is 12.1 Å². The number of likely N-dealkylation sites (tertiary alicyclic amines) is 2. The SMILES string of the molecule is O=C1CC[C@@]2(CCCN(Cc3ccc(C(F)(F)F)cc3)C2)CN1C1CC1. The molecule has 1 aliphatic carbocycles. The molecule has 0 unspecified atom stereocenters. The zero-order valence-corrected chi connectivity index (χ0v) is 14.9. The molecule has 0 N–H and O–H groups in total. The van der Waals surface area contributed by atoms with E-state index in [9.17, 15) is 18.0 Å². The highest BCUT2D eigenvalue weighted by Gasteiger charge is 2.45. The molecule has 2 saturated heterocycles. The maximum atomic E-state index is 12.7. The van der Waals surface area contributed by atoms with Gasteiger partial charge in [-0.05, 0) is 56.3 Å². The number of benzene rings is 1. The first kappa shape index (κ1) is 17.8. The minimum atomic E-state index is -4.28. The van der Waals surface area contributed by atoms with Crippen LogP contribution in [-0.2, 0) is 17.5 Å². The van der Waals surface area contributed by atoms with Crippen LogP contribution in [0.5, 0.6) is 0 Å². The lowest BCUT2D eigenvalue weighted by Crippen LogP contribution is -2.54. The smallest absolute Gasteiger partial charge is 0.339 e. The predicted molar refractivity (Wildman–Crippen MR) is 92.4 cm³/mol. The van der Waals surface area contributed by atoms with Gasteiger partial charge in [-0.1, -0.05) is 12.1 Å². The summed E-state index contributed by atoms with van der Waals surface area (Å²) < 4.78 is 38.1. The van der Waals surface area contributed by atoms with Crippen LogP contribution >= 0.6 is 0 Å². The lowest BCUT2D eigenvalue weighted by molar-refractivity contribution is -0.140. The molecule has 1 amide bonds. The van der Waals surface area contributed by atoms with Crippen LogP contribution in [-0.4, -0.2) is 41.4 Å². The number of halogens is 3. The summed E-state index contributed by atoms with van der Waals surface area (Å²) in [6.07, 6.45) is 1.81. The van der Waals surface area contributed by atoms with Gasteiger partial charge in [0.25, 0.3) is 0 Å². The van der Waals surface area contributed by atoms with Gasteiger partial charge >= 0.3 is 6.18 Å². The van der Waals surface area contributed by atoms with E-state index in [0.717, 1.165) is 57.3 Å². The number of alkyl halides is 3. The molecule has 0 bridgehead atoms. The molecule has 1 aromatic carbocycles. The summed E-state index contributed by atoms with van der Waals surface area (Å²) in [5, 5.41) is 0. The minimum Gasteiger partial charge on any atom is -0.339 e. The van der Waals surface area contributed by atoms with Crippen LogP contribution in [0.3, 0.4) is 0 Å². The Labute approximate surface area is 152 Å². The topological polar surface area (TPSA) is 23.6 Å². The van der Waals surface area contributed by atoms with Gasteiger partial charge < -0.3 is 4.90 Å². The molecule has 2 heterocycles. The van der Waals surface area contributed by atoms with E-state index in [1.807, 2.05) is 0 Å². The molecular formula is C20H25F3N2O. The maximum absolute atomic E-state index is 12.7. The largest absolute Gasteiger partial charge is 0.416 e. The van der Waals surface area contributed by atoms with Crippen molar-refractivity contribution < 1.29 is 18.0 Å². The lowest BCUT2D eigenvalue weighted by atomic mass is 9.73. The Bertz CT molecular complexity index is 669. The second kappa shape index (κ2) is 6.55. The molecule has 0 aromatic heterocycles. The third kappa shape index (κ3) is 3.75. The van der Waals surface area contributed by atoms with Gasteiger partial charge in [-0.15, -0.1) is 0 Å². The van der Waals surface area contributed by atoms with Crippen LogP contribution in [0.2, 0.25) is 0 Å². The summed E-state index contributed by atoms with van der Waals surface area (Å²) in [4.78, 5) is 16.7. The van der Waals surface area contributed by atoms with E-state index >= 15 is 0 Å². The Morgan fingerprint density at radius 2 is 1.81 bits per heavy atom. The summed E-state index contributed by atoms with van der Waals surface area (Å²) in [7, 11) is 0. The number of hydrogen-bond acceptors (Lipinski definition) is 2. The first-order chi connectivity index (χ1) is 12.3. The third-order valence-corrected chi connectivity index (χ3v) is 6.11. The number of nitrogens with zero attached hydrogens (tertiary/aromatic N) is 2. The highest BCUT2D eigenvalue weighted by molar-refractivity contribution is 5.78. The Kier molecular flexibility index (Phi) is 4.49. The van der Waals surface area contributed by atoms with Gasteiger partial charge in [0.2, 0.25) is 5.91 Å². The van der Waals surface area contributed by atoms with Crippen LogP contribution in [0.4, 0.5) is 13.2 Å². The zero-order valence-electron chi connectivity index (χ0n) is 14.9. The first-order valence-electron chi connectivity index (χ1n) is 9.53. The maximum Gasteiger partial charge on any atom is 0.416 e. The third-order valence-electron chi connectivity index (χ3n) is 6.11. The molecule has 6 heteroatoms. The van der Waals surface area contributed by atoms with Gasteiger partial charge in [0.05, 0.1) is 5.56 Å². The van der Waals surface area contributed by atoms with Crippen LogP contribution in [0.1, 0.15) is 49.7 Å². The van der Waals surface area contributed by atoms with Crippen molar-refractivity contribution in [2.75, 3.05) is 19.6 Å². The van der Waals surface area contributed by atoms with Gasteiger partial charge in [0.1, 0.15) is 0 Å². The summed E-state index contributed by atoms with van der Waals surface area (Å²) >= 11 is 0. The summed E-state index contributed by atoms with van der Waals surface area (Å²) in [5.41, 5.74) is 0.490. The Morgan fingerprint density at radius 1 is 1.08 bits per heavy atom. The van der Waals surface area contributed by atoms with Crippen molar-refractivity contribution >= 4 is 5.91 Å². The molecule has 1 spiro atoms. The second-order valence-electron chi connectivity index (χ2n) is 8.26. The van der Waals surface area contributed by atoms with Gasteiger partial charge in [-0.25, -0.2) is 0 Å². The van der Waals surface area contributed by atoms with Crippen LogP contribution in [0.25, 0.3) is 0 Å². The average molecular weight is 366 g/mol. The second-order valence-corrected chi connectivity index (χ2v) is 8.26. The van der Waals surface area contributed by atoms with E-state index in [-0.39, 0.29) is 5.41 Å². The van der Waals surface area contributed by atoms with Gasteiger partial charge in [-0.2, -0.15) is 13.2 Å². The lowest BCUT2D eigenvalue weighted by Gasteiger charge is -2.48. The van der Waals surface area contributed by atoms with Gasteiger partial charge in [-0.3, -0.25) is 9.69 Å². The molecule has 1 saturated carbocycles. The molecule has 3 nitrogen and oxygen atoms in total. The molecule has 1 atom stereocenters. The van der Waals surface area contributed by atoms with Crippen molar-refractivity contribution in [2.45, 2.75) is 57.3 Å². The van der Waals surface area contributed by atoms with E-state index < -0.39 is 11.7 Å². The molecule has 26 heavy (non-hydrogen) atoms. The molecular weight excluding hydrogens is 341 g/mol. The monoisotopic (exact) mass is 366 g/mol. The van der Waals surface area contributed by atoms with E-state index in [2.05, 4.69) is 9.80 Å². The van der Waals surface area contributed by atoms with Crippen LogP contribution in [0.15, 0.2) is 24.3 Å². The van der Waals surface area contributed by atoms with Gasteiger partial charge in [0, 0.05) is 37.5 Å².